The SMILES string of the molecule is C#CCC1(c2ccc(F)cc2)C=CC=CC1NC(=O)N1C[S+](C)C=C1C(F)(F)F. The van der Waals surface area contributed by atoms with E-state index in [9.17, 15) is 22.4 Å². The summed E-state index contributed by atoms with van der Waals surface area (Å²) in [6, 6.07) is 4.15. The lowest BCUT2D eigenvalue weighted by molar-refractivity contribution is -0.105. The molecule has 1 aromatic carbocycles. The number of carbonyl (C=O) groups is 1. The number of rotatable bonds is 3. The molecule has 2 aliphatic rings. The molecule has 29 heavy (non-hydrogen) atoms. The van der Waals surface area contributed by atoms with Crippen molar-refractivity contribution in [3.05, 3.63) is 71.1 Å². The number of carbonyl (C=O) groups excluding carboxylic acids is 1. The molecule has 0 spiro atoms. The Hall–Kier alpha value is -2.66. The van der Waals surface area contributed by atoms with Gasteiger partial charge in [-0.05, 0) is 17.7 Å². The molecule has 0 saturated heterocycles. The quantitative estimate of drug-likeness (QED) is 0.441. The zero-order chi connectivity index (χ0) is 21.2. The molecule has 152 valence electrons. The first-order valence-corrected chi connectivity index (χ1v) is 10.6. The summed E-state index contributed by atoms with van der Waals surface area (Å²) in [4.78, 5) is 13.5. The Morgan fingerprint density at radius 2 is 2.03 bits per heavy atom. The molecule has 0 radical (unpaired) electrons. The van der Waals surface area contributed by atoms with Crippen LogP contribution in [0.4, 0.5) is 22.4 Å². The molecule has 1 N–H and O–H groups in total. The standard InChI is InChI=1S/C21H18F4N2OS/c1-3-11-20(15-7-9-16(22)10-8-15)12-5-4-6-17(20)26-19(28)27-14-29(2)13-18(27)21(23,24)25/h1,4-10,12-13,17H,11,14H2,2H3/p+1. The van der Waals surface area contributed by atoms with Crippen LogP contribution in [0.1, 0.15) is 12.0 Å². The Bertz CT molecular complexity index is 914. The van der Waals surface area contributed by atoms with Gasteiger partial charge in [0, 0.05) is 22.7 Å². The third-order valence-electron chi connectivity index (χ3n) is 4.89. The molecule has 3 nitrogen and oxygen atoms in total. The van der Waals surface area contributed by atoms with Crippen molar-refractivity contribution in [1.29, 1.82) is 0 Å². The minimum absolute atomic E-state index is 0.0361. The third kappa shape index (κ3) is 4.20. The fourth-order valence-electron chi connectivity index (χ4n) is 3.49. The third-order valence-corrected chi connectivity index (χ3v) is 6.18. The summed E-state index contributed by atoms with van der Waals surface area (Å²) in [6.45, 7) is 0. The second kappa shape index (κ2) is 7.99. The summed E-state index contributed by atoms with van der Waals surface area (Å²) in [6.07, 6.45) is 9.67. The van der Waals surface area contributed by atoms with Gasteiger partial charge in [0.2, 0.25) is 0 Å². The minimum Gasteiger partial charge on any atom is -0.330 e. The molecule has 3 unspecified atom stereocenters. The Kier molecular flexibility index (Phi) is 5.80. The molecule has 2 amide bonds. The van der Waals surface area contributed by atoms with Crippen LogP contribution in [0.2, 0.25) is 0 Å². The smallest absolute Gasteiger partial charge is 0.330 e. The fraction of sp³-hybridized carbons (Fsp3) is 0.286. The van der Waals surface area contributed by atoms with Gasteiger partial charge in [0.1, 0.15) is 17.5 Å². The number of alkyl halides is 3. The predicted octanol–water partition coefficient (Wildman–Crippen LogP) is 4.22. The molecular formula is C21H19F4N2OS+. The Morgan fingerprint density at radius 3 is 2.66 bits per heavy atom. The number of nitrogens with one attached hydrogen (secondary N) is 1. The summed E-state index contributed by atoms with van der Waals surface area (Å²) in [5, 5.41) is 3.77. The number of hydrogen-bond donors (Lipinski definition) is 1. The van der Waals surface area contributed by atoms with E-state index in [2.05, 4.69) is 11.2 Å². The Balaban J connectivity index is 1.92. The first kappa shape index (κ1) is 21.1. The van der Waals surface area contributed by atoms with Crippen LogP contribution < -0.4 is 5.32 Å². The van der Waals surface area contributed by atoms with Crippen molar-refractivity contribution in [2.45, 2.75) is 24.1 Å². The number of nitrogens with zero attached hydrogens (tertiary/aromatic N) is 1. The summed E-state index contributed by atoms with van der Waals surface area (Å²) in [5.41, 5.74) is -1.20. The Morgan fingerprint density at radius 1 is 1.34 bits per heavy atom. The first-order chi connectivity index (χ1) is 13.7. The highest BCUT2D eigenvalue weighted by molar-refractivity contribution is 7.99. The van der Waals surface area contributed by atoms with E-state index in [1.54, 1.807) is 42.7 Å². The average molecular weight is 423 g/mol. The van der Waals surface area contributed by atoms with E-state index in [1.165, 1.54) is 12.1 Å². The molecule has 0 fully saturated rings. The summed E-state index contributed by atoms with van der Waals surface area (Å²) < 4.78 is 53.4. The number of hydrogen-bond acceptors (Lipinski definition) is 1. The van der Waals surface area contributed by atoms with E-state index in [4.69, 9.17) is 6.42 Å². The highest BCUT2D eigenvalue weighted by Crippen LogP contribution is 2.38. The van der Waals surface area contributed by atoms with E-state index in [1.807, 2.05) is 0 Å². The largest absolute Gasteiger partial charge is 0.436 e. The summed E-state index contributed by atoms with van der Waals surface area (Å²) in [5.74, 6) is 2.11. The van der Waals surface area contributed by atoms with Gasteiger partial charge >= 0.3 is 12.2 Å². The van der Waals surface area contributed by atoms with Crippen molar-refractivity contribution >= 4 is 16.9 Å². The minimum atomic E-state index is -4.62. The predicted molar refractivity (Wildman–Crippen MR) is 106 cm³/mol. The van der Waals surface area contributed by atoms with Crippen LogP contribution in [0.3, 0.4) is 0 Å². The number of halogens is 4. The normalized spacial score (nSPS) is 26.2. The van der Waals surface area contributed by atoms with Crippen molar-refractivity contribution in [2.24, 2.45) is 0 Å². The van der Waals surface area contributed by atoms with Crippen LogP contribution in [-0.4, -0.2) is 35.3 Å². The monoisotopic (exact) mass is 423 g/mol. The zero-order valence-electron chi connectivity index (χ0n) is 15.5. The van der Waals surface area contributed by atoms with Gasteiger partial charge in [0.25, 0.3) is 0 Å². The van der Waals surface area contributed by atoms with Gasteiger partial charge < -0.3 is 5.32 Å². The second-order valence-electron chi connectivity index (χ2n) is 6.85. The van der Waals surface area contributed by atoms with Gasteiger partial charge in [-0.2, -0.15) is 13.2 Å². The molecule has 0 aromatic heterocycles. The number of benzene rings is 1. The highest BCUT2D eigenvalue weighted by atomic mass is 32.2. The number of amides is 2. The maximum atomic E-state index is 13.4. The van der Waals surface area contributed by atoms with Crippen molar-refractivity contribution in [1.82, 2.24) is 10.2 Å². The van der Waals surface area contributed by atoms with E-state index >= 15 is 0 Å². The molecule has 8 heteroatoms. The lowest BCUT2D eigenvalue weighted by Crippen LogP contribution is -2.53. The van der Waals surface area contributed by atoms with Gasteiger partial charge in [0.15, 0.2) is 11.6 Å². The second-order valence-corrected chi connectivity index (χ2v) is 8.72. The van der Waals surface area contributed by atoms with Crippen LogP contribution in [0, 0.1) is 18.2 Å². The van der Waals surface area contributed by atoms with Crippen molar-refractivity contribution in [3.63, 3.8) is 0 Å². The van der Waals surface area contributed by atoms with Crippen molar-refractivity contribution in [3.8, 4) is 12.3 Å². The van der Waals surface area contributed by atoms with Gasteiger partial charge in [-0.1, -0.05) is 36.4 Å². The van der Waals surface area contributed by atoms with Gasteiger partial charge in [-0.15, -0.1) is 12.3 Å². The lowest BCUT2D eigenvalue weighted by Gasteiger charge is -2.39. The highest BCUT2D eigenvalue weighted by Gasteiger charge is 2.49. The maximum absolute atomic E-state index is 13.4. The van der Waals surface area contributed by atoms with Crippen LogP contribution in [0.5, 0.6) is 0 Å². The Labute approximate surface area is 169 Å². The molecule has 1 aromatic rings. The topological polar surface area (TPSA) is 32.3 Å². The van der Waals surface area contributed by atoms with Crippen LogP contribution in [0.25, 0.3) is 0 Å². The van der Waals surface area contributed by atoms with E-state index in [-0.39, 0.29) is 12.3 Å². The van der Waals surface area contributed by atoms with Crippen molar-refractivity contribution < 1.29 is 22.4 Å². The molecule has 0 bridgehead atoms. The summed E-state index contributed by atoms with van der Waals surface area (Å²) in [7, 11) is -0.691. The molecule has 3 rings (SSSR count). The van der Waals surface area contributed by atoms with Gasteiger partial charge in [-0.25, -0.2) is 14.1 Å². The molecule has 1 aliphatic carbocycles. The van der Waals surface area contributed by atoms with Gasteiger partial charge in [0.05, 0.1) is 6.04 Å². The molecule has 3 atom stereocenters. The zero-order valence-corrected chi connectivity index (χ0v) is 16.4. The average Bonchev–Trinajstić information content (AvgIpc) is 3.06. The molecule has 0 saturated carbocycles. The van der Waals surface area contributed by atoms with Gasteiger partial charge in [-0.3, -0.25) is 0 Å². The fourth-order valence-corrected chi connectivity index (χ4v) is 4.87. The molecule has 1 aliphatic heterocycles. The lowest BCUT2D eigenvalue weighted by atomic mass is 9.70. The van der Waals surface area contributed by atoms with E-state index in [0.29, 0.717) is 5.56 Å². The van der Waals surface area contributed by atoms with Crippen LogP contribution in [-0.2, 0) is 16.3 Å². The first-order valence-electron chi connectivity index (χ1n) is 8.71. The summed E-state index contributed by atoms with van der Waals surface area (Å²) >= 11 is 0. The molecular weight excluding hydrogens is 404 g/mol. The van der Waals surface area contributed by atoms with E-state index < -0.39 is 46.1 Å². The number of terminal acetylenes is 1. The molecule has 1 heterocycles. The maximum Gasteiger partial charge on any atom is 0.436 e. The number of allylic oxidation sites excluding steroid dienone is 3. The van der Waals surface area contributed by atoms with E-state index in [0.717, 1.165) is 10.3 Å². The van der Waals surface area contributed by atoms with Crippen molar-refractivity contribution in [2.75, 3.05) is 12.1 Å². The van der Waals surface area contributed by atoms with Crippen LogP contribution in [0.15, 0.2) is 59.7 Å². The van der Waals surface area contributed by atoms with Crippen LogP contribution >= 0.6 is 0 Å². The number of urea groups is 1.